The predicted octanol–water partition coefficient (Wildman–Crippen LogP) is 3.77. The number of aryl methyl sites for hydroxylation is 1. The van der Waals surface area contributed by atoms with Crippen LogP contribution in [0.3, 0.4) is 0 Å². The van der Waals surface area contributed by atoms with Crippen molar-refractivity contribution in [3.8, 4) is 5.75 Å². The van der Waals surface area contributed by atoms with Gasteiger partial charge in [0.25, 0.3) is 0 Å². The number of phenols is 1. The van der Waals surface area contributed by atoms with Crippen molar-refractivity contribution in [3.63, 3.8) is 0 Å². The molecule has 4 heteroatoms. The van der Waals surface area contributed by atoms with Gasteiger partial charge in [0.05, 0.1) is 6.61 Å². The van der Waals surface area contributed by atoms with E-state index in [2.05, 4.69) is 4.98 Å². The van der Waals surface area contributed by atoms with Crippen LogP contribution in [0.5, 0.6) is 5.75 Å². The van der Waals surface area contributed by atoms with Gasteiger partial charge < -0.3 is 14.8 Å². The van der Waals surface area contributed by atoms with Crippen LogP contribution in [0.4, 0.5) is 0 Å². The molecule has 21 heavy (non-hydrogen) atoms. The summed E-state index contributed by atoms with van der Waals surface area (Å²) in [4.78, 5) is 15.6. The Balaban J connectivity index is 2.44. The average Bonchev–Trinajstić information content (AvgIpc) is 2.85. The molecule has 0 aliphatic rings. The lowest BCUT2D eigenvalue weighted by atomic mass is 10.00. The number of ether oxygens (including phenoxy) is 1. The Kier molecular flexibility index (Phi) is 3.29. The Bertz CT molecular complexity index is 833. The van der Waals surface area contributed by atoms with Crippen LogP contribution in [0, 0.1) is 0 Å². The normalized spacial score (nSPS) is 11.1. The van der Waals surface area contributed by atoms with E-state index in [4.69, 9.17) is 4.74 Å². The highest BCUT2D eigenvalue weighted by Gasteiger charge is 2.22. The lowest BCUT2D eigenvalue weighted by molar-refractivity contribution is 0.0525. The number of fused-ring (bicyclic) bond motifs is 3. The van der Waals surface area contributed by atoms with E-state index >= 15 is 0 Å². The van der Waals surface area contributed by atoms with Gasteiger partial charge in [0.15, 0.2) is 0 Å². The van der Waals surface area contributed by atoms with Crippen molar-refractivity contribution < 1.29 is 14.6 Å². The van der Waals surface area contributed by atoms with Crippen LogP contribution in [0.2, 0.25) is 0 Å². The van der Waals surface area contributed by atoms with Gasteiger partial charge in [0.2, 0.25) is 0 Å². The number of H-pyrrole nitrogens is 1. The highest BCUT2D eigenvalue weighted by molar-refractivity contribution is 6.18. The van der Waals surface area contributed by atoms with E-state index in [1.165, 1.54) is 0 Å². The second-order valence-electron chi connectivity index (χ2n) is 4.93. The molecule has 1 aromatic heterocycles. The number of aromatic amines is 1. The van der Waals surface area contributed by atoms with Gasteiger partial charge in [-0.2, -0.15) is 0 Å². The lowest BCUT2D eigenvalue weighted by Gasteiger charge is -2.10. The molecule has 108 valence electrons. The fourth-order valence-electron chi connectivity index (χ4n) is 2.73. The number of aromatic hydroxyl groups is 1. The van der Waals surface area contributed by atoms with E-state index in [-0.39, 0.29) is 17.9 Å². The molecule has 0 aliphatic carbocycles. The first kappa shape index (κ1) is 13.5. The molecule has 3 rings (SSSR count). The highest BCUT2D eigenvalue weighted by atomic mass is 16.5. The predicted molar refractivity (Wildman–Crippen MR) is 82.8 cm³/mol. The van der Waals surface area contributed by atoms with Crippen LogP contribution in [0.15, 0.2) is 30.3 Å². The zero-order valence-electron chi connectivity index (χ0n) is 12.1. The summed E-state index contributed by atoms with van der Waals surface area (Å²) in [5, 5.41) is 12.1. The largest absolute Gasteiger partial charge is 0.507 e. The van der Waals surface area contributed by atoms with Gasteiger partial charge in [0.1, 0.15) is 11.3 Å². The summed E-state index contributed by atoms with van der Waals surface area (Å²) in [5.41, 5.74) is 2.76. The number of esters is 1. The number of carbonyl (C=O) groups is 1. The summed E-state index contributed by atoms with van der Waals surface area (Å²) in [7, 11) is 0. The first-order valence-electron chi connectivity index (χ1n) is 7.09. The van der Waals surface area contributed by atoms with E-state index < -0.39 is 5.97 Å². The molecule has 1 heterocycles. The molecule has 2 aromatic carbocycles. The molecule has 0 aliphatic heterocycles. The molecule has 0 amide bonds. The molecule has 0 radical (unpaired) electrons. The molecule has 3 aromatic rings. The van der Waals surface area contributed by atoms with Crippen LogP contribution in [0.1, 0.15) is 29.8 Å². The lowest BCUT2D eigenvalue weighted by Crippen LogP contribution is -2.06. The zero-order valence-corrected chi connectivity index (χ0v) is 12.1. The Labute approximate surface area is 122 Å². The van der Waals surface area contributed by atoms with Crippen LogP contribution >= 0.6 is 0 Å². The fourth-order valence-corrected chi connectivity index (χ4v) is 2.73. The second kappa shape index (κ2) is 5.13. The number of aromatic nitrogens is 1. The van der Waals surface area contributed by atoms with Crippen molar-refractivity contribution in [2.24, 2.45) is 0 Å². The maximum atomic E-state index is 12.3. The molecule has 0 atom stereocenters. The number of para-hydroxylation sites is 1. The van der Waals surface area contributed by atoms with Crippen molar-refractivity contribution >= 4 is 27.8 Å². The maximum absolute atomic E-state index is 12.3. The molecule has 0 saturated carbocycles. The summed E-state index contributed by atoms with van der Waals surface area (Å²) in [6.07, 6.45) is 0.642. The van der Waals surface area contributed by atoms with Gasteiger partial charge in [-0.3, -0.25) is 0 Å². The topological polar surface area (TPSA) is 62.3 Å². The van der Waals surface area contributed by atoms with E-state index in [9.17, 15) is 9.90 Å². The molecule has 0 fully saturated rings. The molecule has 0 unspecified atom stereocenters. The summed E-state index contributed by atoms with van der Waals surface area (Å²) in [5.74, 6) is -0.465. The number of rotatable bonds is 3. The number of nitrogens with one attached hydrogen (secondary N) is 1. The van der Waals surface area contributed by atoms with Gasteiger partial charge >= 0.3 is 5.97 Å². The minimum atomic E-state index is -0.486. The summed E-state index contributed by atoms with van der Waals surface area (Å²) >= 11 is 0. The van der Waals surface area contributed by atoms with Gasteiger partial charge in [-0.05, 0) is 31.0 Å². The zero-order chi connectivity index (χ0) is 15.0. The van der Waals surface area contributed by atoms with Crippen LogP contribution in [-0.4, -0.2) is 22.7 Å². The second-order valence-corrected chi connectivity index (χ2v) is 4.93. The van der Waals surface area contributed by atoms with Crippen LogP contribution in [0.25, 0.3) is 21.8 Å². The SMILES string of the molecule is CCOC(=O)c1c(O)c(CC)cc2[nH]c3ccccc3c12. The molecule has 4 nitrogen and oxygen atoms in total. The van der Waals surface area contributed by atoms with Crippen molar-refractivity contribution in [1.82, 2.24) is 4.98 Å². The van der Waals surface area contributed by atoms with Gasteiger partial charge in [-0.15, -0.1) is 0 Å². The standard InChI is InChI=1S/C17H17NO3/c1-3-10-9-13-14(11-7-5-6-8-12(11)18-13)15(16(10)19)17(20)21-4-2/h5-9,18-19H,3-4H2,1-2H3. The number of carbonyl (C=O) groups excluding carboxylic acids is 1. The first-order valence-corrected chi connectivity index (χ1v) is 7.09. The molecule has 0 saturated heterocycles. The number of phenolic OH excluding ortho intramolecular Hbond substituents is 1. The maximum Gasteiger partial charge on any atom is 0.342 e. The average molecular weight is 283 g/mol. The van der Waals surface area contributed by atoms with Crippen molar-refractivity contribution in [2.45, 2.75) is 20.3 Å². The smallest absolute Gasteiger partial charge is 0.342 e. The van der Waals surface area contributed by atoms with Gasteiger partial charge in [-0.1, -0.05) is 25.1 Å². The van der Waals surface area contributed by atoms with Gasteiger partial charge in [0, 0.05) is 21.8 Å². The van der Waals surface area contributed by atoms with E-state index in [0.717, 1.165) is 27.4 Å². The number of benzene rings is 2. The Morgan fingerprint density at radius 3 is 2.71 bits per heavy atom. The third-order valence-corrected chi connectivity index (χ3v) is 3.71. The van der Waals surface area contributed by atoms with Crippen molar-refractivity contribution in [2.75, 3.05) is 6.61 Å². The van der Waals surface area contributed by atoms with Crippen LogP contribution in [-0.2, 0) is 11.2 Å². The monoisotopic (exact) mass is 283 g/mol. The molecular formula is C17H17NO3. The van der Waals surface area contributed by atoms with E-state index in [1.807, 2.05) is 37.3 Å². The quantitative estimate of drug-likeness (QED) is 0.719. The summed E-state index contributed by atoms with van der Waals surface area (Å²) in [6.45, 7) is 3.97. The highest BCUT2D eigenvalue weighted by Crippen LogP contribution is 2.36. The van der Waals surface area contributed by atoms with Gasteiger partial charge in [-0.25, -0.2) is 4.79 Å². The number of hydrogen-bond acceptors (Lipinski definition) is 3. The first-order chi connectivity index (χ1) is 10.2. The van der Waals surface area contributed by atoms with E-state index in [1.54, 1.807) is 6.92 Å². The fraction of sp³-hybridized carbons (Fsp3) is 0.235. The molecule has 2 N–H and O–H groups in total. The third kappa shape index (κ3) is 2.03. The van der Waals surface area contributed by atoms with Crippen LogP contribution < -0.4 is 0 Å². The minimum Gasteiger partial charge on any atom is -0.507 e. The summed E-state index contributed by atoms with van der Waals surface area (Å²) < 4.78 is 5.12. The van der Waals surface area contributed by atoms with E-state index in [0.29, 0.717) is 6.42 Å². The Morgan fingerprint density at radius 1 is 1.24 bits per heavy atom. The third-order valence-electron chi connectivity index (χ3n) is 3.71. The summed E-state index contributed by atoms with van der Waals surface area (Å²) in [6, 6.07) is 9.62. The minimum absolute atomic E-state index is 0.0215. The Hall–Kier alpha value is -2.49. The van der Waals surface area contributed by atoms with Crippen molar-refractivity contribution in [3.05, 3.63) is 41.5 Å². The molecule has 0 spiro atoms. The number of hydrogen-bond donors (Lipinski definition) is 2. The molecular weight excluding hydrogens is 266 g/mol. The van der Waals surface area contributed by atoms with Crippen molar-refractivity contribution in [1.29, 1.82) is 0 Å². The molecule has 0 bridgehead atoms. The Morgan fingerprint density at radius 2 is 2.00 bits per heavy atom.